The fourth-order valence-corrected chi connectivity index (χ4v) is 1.48. The molecule has 10 heavy (non-hydrogen) atoms. The Labute approximate surface area is 71.5 Å². The molecular formula is C8H13ClSi. The highest BCUT2D eigenvalue weighted by Crippen LogP contribution is 1.99. The zero-order chi connectivity index (χ0) is 6.85. The molecule has 0 unspecified atom stereocenters. The standard InChI is InChI=1S/C8H12Si.ClH/c1-6-4-3-5-8(9)7(6)2;/h3-5H,1-2,9H3;1H. The van der Waals surface area contributed by atoms with Crippen molar-refractivity contribution in [1.29, 1.82) is 0 Å². The Balaban J connectivity index is 0.000000810. The Morgan fingerprint density at radius 1 is 1.20 bits per heavy atom. The second-order valence-corrected chi connectivity index (χ2v) is 3.59. The van der Waals surface area contributed by atoms with Gasteiger partial charge in [-0.3, -0.25) is 0 Å². The molecule has 0 heterocycles. The van der Waals surface area contributed by atoms with Gasteiger partial charge in [0.05, 0.1) is 0 Å². The van der Waals surface area contributed by atoms with Gasteiger partial charge in [0.15, 0.2) is 0 Å². The summed E-state index contributed by atoms with van der Waals surface area (Å²) in [7, 11) is 1.17. The van der Waals surface area contributed by atoms with Crippen molar-refractivity contribution in [2.45, 2.75) is 13.8 Å². The fourth-order valence-electron chi connectivity index (χ4n) is 0.898. The van der Waals surface area contributed by atoms with E-state index in [1.165, 1.54) is 26.6 Å². The molecule has 1 rings (SSSR count). The van der Waals surface area contributed by atoms with E-state index in [0.717, 1.165) is 0 Å². The lowest BCUT2D eigenvalue weighted by Crippen LogP contribution is -2.07. The van der Waals surface area contributed by atoms with Crippen LogP contribution in [0.25, 0.3) is 0 Å². The van der Waals surface area contributed by atoms with E-state index in [-0.39, 0.29) is 12.4 Å². The van der Waals surface area contributed by atoms with Crippen LogP contribution in [0.2, 0.25) is 0 Å². The summed E-state index contributed by atoms with van der Waals surface area (Å²) in [6.45, 7) is 4.36. The Kier molecular flexibility index (Phi) is 3.69. The lowest BCUT2D eigenvalue weighted by Gasteiger charge is -2.01. The summed E-state index contributed by atoms with van der Waals surface area (Å²) in [6, 6.07) is 6.50. The van der Waals surface area contributed by atoms with Crippen LogP contribution in [0.3, 0.4) is 0 Å². The van der Waals surface area contributed by atoms with Crippen LogP contribution in [0, 0.1) is 13.8 Å². The second-order valence-electron chi connectivity index (χ2n) is 2.52. The highest BCUT2D eigenvalue weighted by atomic mass is 35.5. The number of rotatable bonds is 0. The van der Waals surface area contributed by atoms with E-state index in [1.807, 2.05) is 0 Å². The highest BCUT2D eigenvalue weighted by molar-refractivity contribution is 6.33. The topological polar surface area (TPSA) is 0 Å². The maximum atomic E-state index is 2.20. The molecule has 0 radical (unpaired) electrons. The first-order valence-electron chi connectivity index (χ1n) is 3.24. The molecule has 0 saturated heterocycles. The van der Waals surface area contributed by atoms with Gasteiger partial charge in [-0.25, -0.2) is 0 Å². The van der Waals surface area contributed by atoms with E-state index >= 15 is 0 Å². The molecule has 2 heteroatoms. The average Bonchev–Trinajstić information content (AvgIpc) is 1.83. The van der Waals surface area contributed by atoms with Crippen molar-refractivity contribution in [3.8, 4) is 0 Å². The first kappa shape index (κ1) is 9.73. The summed E-state index contributed by atoms with van der Waals surface area (Å²) in [5.41, 5.74) is 2.90. The molecule has 0 saturated carbocycles. The molecule has 0 aliphatic carbocycles. The zero-order valence-corrected chi connectivity index (χ0v) is 9.46. The third-order valence-electron chi connectivity index (χ3n) is 1.88. The number of hydrogen-bond acceptors (Lipinski definition) is 0. The Morgan fingerprint density at radius 2 is 1.80 bits per heavy atom. The van der Waals surface area contributed by atoms with Crippen molar-refractivity contribution in [3.05, 3.63) is 29.3 Å². The van der Waals surface area contributed by atoms with Gasteiger partial charge in [0.2, 0.25) is 0 Å². The van der Waals surface area contributed by atoms with Crippen LogP contribution >= 0.6 is 12.4 Å². The van der Waals surface area contributed by atoms with Gasteiger partial charge >= 0.3 is 0 Å². The third kappa shape index (κ3) is 1.86. The molecule has 1 aromatic carbocycles. The minimum absolute atomic E-state index is 0. The summed E-state index contributed by atoms with van der Waals surface area (Å²) < 4.78 is 0. The van der Waals surface area contributed by atoms with Gasteiger partial charge in [0.1, 0.15) is 0 Å². The summed E-state index contributed by atoms with van der Waals surface area (Å²) in [5, 5.41) is 1.52. The molecule has 0 aliphatic heterocycles. The fraction of sp³-hybridized carbons (Fsp3) is 0.250. The van der Waals surface area contributed by atoms with Crippen LogP contribution in [-0.4, -0.2) is 10.2 Å². The molecule has 0 fully saturated rings. The van der Waals surface area contributed by atoms with E-state index in [9.17, 15) is 0 Å². The highest BCUT2D eigenvalue weighted by Gasteiger charge is 1.91. The lowest BCUT2D eigenvalue weighted by molar-refractivity contribution is 1.37. The number of hydrogen-bond donors (Lipinski definition) is 0. The molecule has 0 nitrogen and oxygen atoms in total. The Morgan fingerprint density at radius 3 is 2.20 bits per heavy atom. The van der Waals surface area contributed by atoms with Gasteiger partial charge in [-0.2, -0.15) is 0 Å². The first-order chi connectivity index (χ1) is 4.22. The third-order valence-corrected chi connectivity index (χ3v) is 2.96. The summed E-state index contributed by atoms with van der Waals surface area (Å²) >= 11 is 0. The van der Waals surface area contributed by atoms with Crippen LogP contribution in [-0.2, 0) is 0 Å². The second kappa shape index (κ2) is 3.79. The maximum absolute atomic E-state index is 2.20. The van der Waals surface area contributed by atoms with Crippen LogP contribution in [0.1, 0.15) is 11.1 Å². The van der Waals surface area contributed by atoms with Crippen LogP contribution in [0.15, 0.2) is 18.2 Å². The lowest BCUT2D eigenvalue weighted by atomic mass is 10.1. The van der Waals surface area contributed by atoms with Crippen molar-refractivity contribution in [3.63, 3.8) is 0 Å². The van der Waals surface area contributed by atoms with Gasteiger partial charge in [0, 0.05) is 10.2 Å². The minimum atomic E-state index is 0. The molecule has 0 spiro atoms. The van der Waals surface area contributed by atoms with Crippen molar-refractivity contribution in [1.82, 2.24) is 0 Å². The normalized spacial score (nSPS) is 9.00. The smallest absolute Gasteiger partial charge is 0.0388 e. The SMILES string of the molecule is Cc1cccc([SiH3])c1C.Cl. The van der Waals surface area contributed by atoms with E-state index in [2.05, 4.69) is 32.0 Å². The number of aryl methyl sites for hydroxylation is 1. The average molecular weight is 173 g/mol. The molecule has 0 N–H and O–H groups in total. The zero-order valence-electron chi connectivity index (χ0n) is 6.64. The van der Waals surface area contributed by atoms with E-state index in [1.54, 1.807) is 0 Å². The van der Waals surface area contributed by atoms with Crippen molar-refractivity contribution >= 4 is 27.8 Å². The predicted molar refractivity (Wildman–Crippen MR) is 52.7 cm³/mol. The monoisotopic (exact) mass is 172 g/mol. The summed E-state index contributed by atoms with van der Waals surface area (Å²) in [6.07, 6.45) is 0. The molecule has 1 aromatic rings. The molecular weight excluding hydrogens is 160 g/mol. The molecule has 0 amide bonds. The van der Waals surface area contributed by atoms with Crippen LogP contribution < -0.4 is 5.19 Å². The molecule has 0 atom stereocenters. The molecule has 56 valence electrons. The molecule has 0 aromatic heterocycles. The van der Waals surface area contributed by atoms with Gasteiger partial charge in [-0.1, -0.05) is 23.4 Å². The number of benzene rings is 1. The summed E-state index contributed by atoms with van der Waals surface area (Å²) in [4.78, 5) is 0. The van der Waals surface area contributed by atoms with Crippen molar-refractivity contribution in [2.75, 3.05) is 0 Å². The van der Waals surface area contributed by atoms with Crippen molar-refractivity contribution < 1.29 is 0 Å². The van der Waals surface area contributed by atoms with E-state index < -0.39 is 0 Å². The van der Waals surface area contributed by atoms with Crippen molar-refractivity contribution in [2.24, 2.45) is 0 Å². The van der Waals surface area contributed by atoms with Gasteiger partial charge in [0.25, 0.3) is 0 Å². The summed E-state index contributed by atoms with van der Waals surface area (Å²) in [5.74, 6) is 0. The van der Waals surface area contributed by atoms with Gasteiger partial charge < -0.3 is 0 Å². The first-order valence-corrected chi connectivity index (χ1v) is 4.24. The van der Waals surface area contributed by atoms with E-state index in [4.69, 9.17) is 0 Å². The van der Waals surface area contributed by atoms with E-state index in [0.29, 0.717) is 0 Å². The van der Waals surface area contributed by atoms with Gasteiger partial charge in [-0.15, -0.1) is 12.4 Å². The quantitative estimate of drug-likeness (QED) is 0.506. The number of halogens is 1. The van der Waals surface area contributed by atoms with Crippen LogP contribution in [0.4, 0.5) is 0 Å². The molecule has 0 bridgehead atoms. The van der Waals surface area contributed by atoms with Gasteiger partial charge in [-0.05, 0) is 25.0 Å². The largest absolute Gasteiger partial charge is 0.147 e. The maximum Gasteiger partial charge on any atom is 0.0388 e. The Hall–Kier alpha value is -0.273. The Bertz CT molecular complexity index is 200. The predicted octanol–water partition coefficient (Wildman–Crippen LogP) is 0.716. The molecule has 0 aliphatic rings. The van der Waals surface area contributed by atoms with Crippen LogP contribution in [0.5, 0.6) is 0 Å². The minimum Gasteiger partial charge on any atom is -0.147 e.